The summed E-state index contributed by atoms with van der Waals surface area (Å²) in [4.78, 5) is 11.8. The van der Waals surface area contributed by atoms with E-state index in [2.05, 4.69) is 23.3 Å². The lowest BCUT2D eigenvalue weighted by Gasteiger charge is -2.09. The molecule has 0 aromatic carbocycles. The molecule has 1 aromatic heterocycles. The van der Waals surface area contributed by atoms with Crippen LogP contribution in [0.15, 0.2) is 23.6 Å². The summed E-state index contributed by atoms with van der Waals surface area (Å²) in [6.07, 6.45) is 7.48. The van der Waals surface area contributed by atoms with Crippen LogP contribution in [0.4, 0.5) is 5.69 Å². The molecule has 0 radical (unpaired) electrons. The Bertz CT molecular complexity index is 447. The van der Waals surface area contributed by atoms with Crippen molar-refractivity contribution in [1.29, 1.82) is 0 Å². The highest BCUT2D eigenvalue weighted by Crippen LogP contribution is 2.15. The Labute approximate surface area is 116 Å². The zero-order valence-electron chi connectivity index (χ0n) is 10.5. The van der Waals surface area contributed by atoms with Gasteiger partial charge in [0.2, 0.25) is 0 Å². The van der Waals surface area contributed by atoms with Gasteiger partial charge in [-0.05, 0) is 24.9 Å². The van der Waals surface area contributed by atoms with Gasteiger partial charge in [-0.2, -0.15) is 16.9 Å². The minimum Gasteiger partial charge on any atom is -0.382 e. The smallest absolute Gasteiger partial charge is 0.287 e. The Hall–Kier alpha value is -0.940. The minimum atomic E-state index is -0.286. The molecule has 1 N–H and O–H groups in total. The predicted molar refractivity (Wildman–Crippen MR) is 79.8 cm³/mol. The molecule has 0 amide bonds. The normalized spacial score (nSPS) is 10.3. The van der Waals surface area contributed by atoms with Crippen LogP contribution in [0.1, 0.15) is 12.8 Å². The quantitative estimate of drug-likeness (QED) is 0.590. The van der Waals surface area contributed by atoms with Gasteiger partial charge in [0.05, 0.1) is 18.4 Å². The topological polar surface area (TPSA) is 46.9 Å². The number of unbranched alkanes of at least 4 members (excludes halogenated alkanes) is 1. The van der Waals surface area contributed by atoms with E-state index in [1.54, 1.807) is 12.3 Å². The van der Waals surface area contributed by atoms with Crippen molar-refractivity contribution >= 4 is 29.1 Å². The van der Waals surface area contributed by atoms with Gasteiger partial charge >= 0.3 is 0 Å². The van der Waals surface area contributed by atoms with E-state index in [0.29, 0.717) is 12.2 Å². The summed E-state index contributed by atoms with van der Waals surface area (Å²) < 4.78 is 1.29. The molecule has 0 aliphatic rings. The van der Waals surface area contributed by atoms with Gasteiger partial charge in [-0.3, -0.25) is 4.79 Å². The molecule has 0 saturated heterocycles. The van der Waals surface area contributed by atoms with Crippen molar-refractivity contribution in [2.24, 2.45) is 0 Å². The molecule has 0 unspecified atom stereocenters. The molecule has 0 saturated carbocycles. The summed E-state index contributed by atoms with van der Waals surface area (Å²) in [7, 11) is 0. The number of allylic oxidation sites excluding steroid dienone is 1. The highest BCUT2D eigenvalue weighted by Gasteiger charge is 2.07. The predicted octanol–water partition coefficient (Wildman–Crippen LogP) is 2.64. The number of rotatable bonds is 8. The molecule has 0 atom stereocenters. The monoisotopic (exact) mass is 287 g/mol. The number of anilines is 1. The number of aromatic nitrogens is 2. The van der Waals surface area contributed by atoms with Gasteiger partial charge in [-0.25, -0.2) is 4.68 Å². The van der Waals surface area contributed by atoms with Gasteiger partial charge < -0.3 is 5.32 Å². The Morgan fingerprint density at radius 2 is 2.39 bits per heavy atom. The van der Waals surface area contributed by atoms with Crippen molar-refractivity contribution in [3.63, 3.8) is 0 Å². The van der Waals surface area contributed by atoms with Gasteiger partial charge in [0.1, 0.15) is 5.02 Å². The van der Waals surface area contributed by atoms with E-state index in [4.69, 9.17) is 11.6 Å². The number of thioether (sulfide) groups is 1. The van der Waals surface area contributed by atoms with Crippen molar-refractivity contribution in [3.05, 3.63) is 34.2 Å². The average molecular weight is 288 g/mol. The lowest BCUT2D eigenvalue weighted by molar-refractivity contribution is 0.652. The van der Waals surface area contributed by atoms with E-state index >= 15 is 0 Å². The van der Waals surface area contributed by atoms with E-state index in [1.807, 2.05) is 11.8 Å². The van der Waals surface area contributed by atoms with Crippen molar-refractivity contribution in [2.45, 2.75) is 19.4 Å². The second-order valence-electron chi connectivity index (χ2n) is 3.77. The zero-order valence-corrected chi connectivity index (χ0v) is 12.1. The molecule has 1 rings (SSSR count). The van der Waals surface area contributed by atoms with Crippen LogP contribution in [-0.2, 0) is 6.54 Å². The number of nitrogens with zero attached hydrogens (tertiary/aromatic N) is 2. The fraction of sp³-hybridized carbons (Fsp3) is 0.500. The Kier molecular flexibility index (Phi) is 6.90. The molecule has 1 heterocycles. The summed E-state index contributed by atoms with van der Waals surface area (Å²) >= 11 is 7.83. The van der Waals surface area contributed by atoms with E-state index < -0.39 is 0 Å². The van der Waals surface area contributed by atoms with E-state index in [-0.39, 0.29) is 10.6 Å². The number of halogens is 1. The van der Waals surface area contributed by atoms with Gasteiger partial charge in [0.15, 0.2) is 0 Å². The third-order valence-corrected chi connectivity index (χ3v) is 3.44. The number of nitrogens with one attached hydrogen (secondary N) is 1. The third kappa shape index (κ3) is 4.38. The van der Waals surface area contributed by atoms with Crippen LogP contribution in [0.25, 0.3) is 0 Å². The lowest BCUT2D eigenvalue weighted by atomic mass is 10.3. The first-order chi connectivity index (χ1) is 8.70. The molecule has 1 aromatic rings. The van der Waals surface area contributed by atoms with E-state index in [1.165, 1.54) is 4.68 Å². The largest absolute Gasteiger partial charge is 0.382 e. The van der Waals surface area contributed by atoms with Crippen molar-refractivity contribution in [1.82, 2.24) is 9.78 Å². The zero-order chi connectivity index (χ0) is 13.4. The van der Waals surface area contributed by atoms with Gasteiger partial charge in [0.25, 0.3) is 5.56 Å². The maximum Gasteiger partial charge on any atom is 0.287 e. The molecule has 100 valence electrons. The van der Waals surface area contributed by atoms with Gasteiger partial charge in [-0.1, -0.05) is 17.7 Å². The van der Waals surface area contributed by atoms with Crippen LogP contribution in [0.3, 0.4) is 0 Å². The average Bonchev–Trinajstić information content (AvgIpc) is 2.37. The maximum absolute atomic E-state index is 11.8. The highest BCUT2D eigenvalue weighted by atomic mass is 35.5. The van der Waals surface area contributed by atoms with Crippen molar-refractivity contribution < 1.29 is 0 Å². The third-order valence-electron chi connectivity index (χ3n) is 2.38. The summed E-state index contributed by atoms with van der Waals surface area (Å²) in [5.74, 6) is 1.15. The van der Waals surface area contributed by atoms with Gasteiger partial charge in [0, 0.05) is 6.54 Å². The Morgan fingerprint density at radius 1 is 1.61 bits per heavy atom. The van der Waals surface area contributed by atoms with Gasteiger partial charge in [-0.15, -0.1) is 6.58 Å². The summed E-state index contributed by atoms with van der Waals surface area (Å²) in [5.41, 5.74) is 0.316. The lowest BCUT2D eigenvalue weighted by Crippen LogP contribution is -2.23. The van der Waals surface area contributed by atoms with Crippen LogP contribution >= 0.6 is 23.4 Å². The first-order valence-electron chi connectivity index (χ1n) is 5.80. The second kappa shape index (κ2) is 8.21. The maximum atomic E-state index is 11.8. The first kappa shape index (κ1) is 15.1. The summed E-state index contributed by atoms with van der Waals surface area (Å²) in [6, 6.07) is 0. The highest BCUT2D eigenvalue weighted by molar-refractivity contribution is 7.98. The first-order valence-corrected chi connectivity index (χ1v) is 7.57. The standard InChI is InChI=1S/C12H18ClN3OS/c1-3-7-16-12(17)11(13)10(9-15-16)14-6-4-5-8-18-2/h3,9,14H,1,4-8H2,2H3. The fourth-order valence-electron chi connectivity index (χ4n) is 1.44. The SMILES string of the molecule is C=CCn1ncc(NCCCCSC)c(Cl)c1=O. The molecule has 0 aliphatic heterocycles. The number of hydrogen-bond donors (Lipinski definition) is 1. The minimum absolute atomic E-state index is 0.191. The van der Waals surface area contributed by atoms with Crippen LogP contribution in [-0.4, -0.2) is 28.3 Å². The molecular formula is C12H18ClN3OS. The number of hydrogen-bond acceptors (Lipinski definition) is 4. The summed E-state index contributed by atoms with van der Waals surface area (Å²) in [6.45, 7) is 4.73. The van der Waals surface area contributed by atoms with Crippen LogP contribution in [0.5, 0.6) is 0 Å². The molecule has 18 heavy (non-hydrogen) atoms. The second-order valence-corrected chi connectivity index (χ2v) is 5.14. The van der Waals surface area contributed by atoms with Crippen LogP contribution in [0.2, 0.25) is 5.02 Å². The van der Waals surface area contributed by atoms with Crippen molar-refractivity contribution in [2.75, 3.05) is 23.9 Å². The van der Waals surface area contributed by atoms with E-state index in [0.717, 1.165) is 25.1 Å². The molecule has 4 nitrogen and oxygen atoms in total. The molecule has 0 aliphatic carbocycles. The molecular weight excluding hydrogens is 270 g/mol. The van der Waals surface area contributed by atoms with Crippen molar-refractivity contribution in [3.8, 4) is 0 Å². The van der Waals surface area contributed by atoms with E-state index in [9.17, 15) is 4.79 Å². The Morgan fingerprint density at radius 3 is 3.06 bits per heavy atom. The van der Waals surface area contributed by atoms with Crippen LogP contribution < -0.4 is 10.9 Å². The Balaban J connectivity index is 2.59. The van der Waals surface area contributed by atoms with Crippen LogP contribution in [0, 0.1) is 0 Å². The molecule has 0 spiro atoms. The molecule has 6 heteroatoms. The summed E-state index contributed by atoms with van der Waals surface area (Å²) in [5, 5.41) is 7.36. The fourth-order valence-corrected chi connectivity index (χ4v) is 2.14. The molecule has 0 bridgehead atoms. The molecule has 0 fully saturated rings.